The van der Waals surface area contributed by atoms with Crippen molar-refractivity contribution in [3.05, 3.63) is 58.8 Å². The third-order valence-corrected chi connectivity index (χ3v) is 4.55. The van der Waals surface area contributed by atoms with Crippen LogP contribution in [0.4, 0.5) is 13.2 Å². The molecule has 3 aromatic rings. The van der Waals surface area contributed by atoms with E-state index in [-0.39, 0.29) is 5.82 Å². The largest absolute Gasteiger partial charge is 0.453 e. The van der Waals surface area contributed by atoms with E-state index in [1.165, 1.54) is 4.68 Å². The third-order valence-electron chi connectivity index (χ3n) is 3.28. The lowest BCUT2D eigenvalue weighted by molar-refractivity contribution is -0.144. The van der Waals surface area contributed by atoms with E-state index in [4.69, 9.17) is 0 Å². The Balaban J connectivity index is 2.15. The first-order chi connectivity index (χ1) is 11.4. The first-order valence-electron chi connectivity index (χ1n) is 6.83. The minimum absolute atomic E-state index is 0.145. The van der Waals surface area contributed by atoms with Gasteiger partial charge in [-0.15, -0.1) is 16.9 Å². The molecule has 0 amide bonds. The second-order valence-corrected chi connectivity index (χ2v) is 6.67. The Labute approximate surface area is 149 Å². The summed E-state index contributed by atoms with van der Waals surface area (Å²) in [6.45, 7) is 0. The van der Waals surface area contributed by atoms with Gasteiger partial charge in [0.2, 0.25) is 0 Å². The van der Waals surface area contributed by atoms with Crippen molar-refractivity contribution in [2.45, 2.75) is 11.1 Å². The molecule has 0 fully saturated rings. The maximum absolute atomic E-state index is 13.0. The molecule has 0 spiro atoms. The topological polar surface area (TPSA) is 30.7 Å². The van der Waals surface area contributed by atoms with E-state index in [2.05, 4.69) is 26.0 Å². The summed E-state index contributed by atoms with van der Waals surface area (Å²) < 4.78 is 41.2. The molecular weight excluding hydrogens is 403 g/mol. The van der Waals surface area contributed by atoms with Gasteiger partial charge in [0.25, 0.3) is 5.82 Å². The molecule has 0 N–H and O–H groups in total. The average Bonchev–Trinajstić information content (AvgIpc) is 3.01. The molecular formula is C16H11BrF3N3S. The average molecular weight is 414 g/mol. The number of rotatable bonds is 3. The van der Waals surface area contributed by atoms with Gasteiger partial charge in [0.05, 0.1) is 5.69 Å². The number of benzene rings is 2. The van der Waals surface area contributed by atoms with Crippen molar-refractivity contribution in [2.24, 2.45) is 0 Å². The maximum atomic E-state index is 13.0. The summed E-state index contributed by atoms with van der Waals surface area (Å²) in [4.78, 5) is 4.72. The molecule has 1 heterocycles. The van der Waals surface area contributed by atoms with Crippen LogP contribution in [0.25, 0.3) is 17.1 Å². The standard InChI is InChI=1S/C16H11BrF3N3S/c1-24-13-8-6-12(7-9-13)23-14(10-2-4-11(17)5-3-10)21-15(22-23)16(18,19)20/h2-9H,1H3. The van der Waals surface area contributed by atoms with Crippen molar-refractivity contribution in [3.63, 3.8) is 0 Å². The molecule has 0 aliphatic rings. The van der Waals surface area contributed by atoms with E-state index in [9.17, 15) is 13.2 Å². The molecule has 0 saturated carbocycles. The molecule has 1 aromatic heterocycles. The Morgan fingerprint density at radius 1 is 1.00 bits per heavy atom. The fourth-order valence-electron chi connectivity index (χ4n) is 2.12. The number of alkyl halides is 3. The van der Waals surface area contributed by atoms with E-state index in [1.807, 2.05) is 18.4 Å². The van der Waals surface area contributed by atoms with Crippen LogP contribution in [-0.4, -0.2) is 21.0 Å². The fraction of sp³-hybridized carbons (Fsp3) is 0.125. The molecule has 0 atom stereocenters. The Morgan fingerprint density at radius 2 is 1.62 bits per heavy atom. The molecule has 0 aliphatic heterocycles. The minimum Gasteiger partial charge on any atom is -0.213 e. The highest BCUT2D eigenvalue weighted by molar-refractivity contribution is 9.10. The smallest absolute Gasteiger partial charge is 0.213 e. The highest BCUT2D eigenvalue weighted by atomic mass is 79.9. The molecule has 0 radical (unpaired) electrons. The monoisotopic (exact) mass is 413 g/mol. The predicted molar refractivity (Wildman–Crippen MR) is 91.3 cm³/mol. The second-order valence-electron chi connectivity index (χ2n) is 4.87. The molecule has 0 bridgehead atoms. The van der Waals surface area contributed by atoms with Crippen molar-refractivity contribution in [1.29, 1.82) is 0 Å². The Morgan fingerprint density at radius 3 is 2.17 bits per heavy atom. The number of nitrogens with zero attached hydrogens (tertiary/aromatic N) is 3. The molecule has 3 rings (SSSR count). The normalized spacial score (nSPS) is 11.7. The van der Waals surface area contributed by atoms with Crippen molar-refractivity contribution in [1.82, 2.24) is 14.8 Å². The summed E-state index contributed by atoms with van der Waals surface area (Å²) in [5.74, 6) is -1.01. The first kappa shape index (κ1) is 17.0. The second kappa shape index (κ2) is 6.60. The van der Waals surface area contributed by atoms with Gasteiger partial charge in [-0.3, -0.25) is 0 Å². The minimum atomic E-state index is -4.60. The summed E-state index contributed by atoms with van der Waals surface area (Å²) >= 11 is 4.86. The highest BCUT2D eigenvalue weighted by Crippen LogP contribution is 2.31. The first-order valence-corrected chi connectivity index (χ1v) is 8.85. The van der Waals surface area contributed by atoms with Crippen molar-refractivity contribution >= 4 is 27.7 Å². The quantitative estimate of drug-likeness (QED) is 0.535. The van der Waals surface area contributed by atoms with Crippen LogP contribution in [-0.2, 0) is 6.18 Å². The lowest BCUT2D eigenvalue weighted by Crippen LogP contribution is -2.08. The SMILES string of the molecule is CSc1ccc(-n2nc(C(F)(F)F)nc2-c2ccc(Br)cc2)cc1. The Bertz CT molecular complexity index is 842. The van der Waals surface area contributed by atoms with Crippen LogP contribution in [0.5, 0.6) is 0 Å². The number of halogens is 4. The Kier molecular flexibility index (Phi) is 4.69. The van der Waals surface area contributed by atoms with E-state index in [1.54, 1.807) is 48.2 Å². The molecule has 0 aliphatic carbocycles. The molecule has 0 saturated heterocycles. The van der Waals surface area contributed by atoms with E-state index in [0.717, 1.165) is 9.37 Å². The van der Waals surface area contributed by atoms with Crippen LogP contribution in [0, 0.1) is 0 Å². The van der Waals surface area contributed by atoms with Crippen LogP contribution >= 0.6 is 27.7 Å². The van der Waals surface area contributed by atoms with Gasteiger partial charge < -0.3 is 0 Å². The molecule has 124 valence electrons. The summed E-state index contributed by atoms with van der Waals surface area (Å²) in [6.07, 6.45) is -2.67. The van der Waals surface area contributed by atoms with Crippen LogP contribution < -0.4 is 0 Å². The van der Waals surface area contributed by atoms with Gasteiger partial charge in [-0.25, -0.2) is 9.67 Å². The van der Waals surface area contributed by atoms with Gasteiger partial charge in [0, 0.05) is 14.9 Å². The summed E-state index contributed by atoms with van der Waals surface area (Å²) in [6, 6.07) is 14.0. The van der Waals surface area contributed by atoms with Gasteiger partial charge >= 0.3 is 6.18 Å². The molecule has 3 nitrogen and oxygen atoms in total. The molecule has 0 unspecified atom stereocenters. The number of hydrogen-bond donors (Lipinski definition) is 0. The molecule has 24 heavy (non-hydrogen) atoms. The van der Waals surface area contributed by atoms with Crippen LogP contribution in [0.2, 0.25) is 0 Å². The van der Waals surface area contributed by atoms with Crippen molar-refractivity contribution < 1.29 is 13.2 Å². The highest BCUT2D eigenvalue weighted by Gasteiger charge is 2.37. The lowest BCUT2D eigenvalue weighted by Gasteiger charge is -2.07. The van der Waals surface area contributed by atoms with Gasteiger partial charge in [-0.2, -0.15) is 13.2 Å². The zero-order chi connectivity index (χ0) is 17.3. The van der Waals surface area contributed by atoms with E-state index >= 15 is 0 Å². The fourth-order valence-corrected chi connectivity index (χ4v) is 2.79. The zero-order valence-corrected chi connectivity index (χ0v) is 14.8. The number of thioether (sulfide) groups is 1. The van der Waals surface area contributed by atoms with Crippen LogP contribution in [0.1, 0.15) is 5.82 Å². The maximum Gasteiger partial charge on any atom is 0.453 e. The zero-order valence-electron chi connectivity index (χ0n) is 12.4. The van der Waals surface area contributed by atoms with Gasteiger partial charge in [0.1, 0.15) is 0 Å². The number of hydrogen-bond acceptors (Lipinski definition) is 3. The molecule has 2 aromatic carbocycles. The summed E-state index contributed by atoms with van der Waals surface area (Å²) in [5.41, 5.74) is 1.07. The molecule has 8 heteroatoms. The predicted octanol–water partition coefficient (Wildman–Crippen LogP) is 5.44. The third kappa shape index (κ3) is 3.49. The lowest BCUT2D eigenvalue weighted by atomic mass is 10.2. The van der Waals surface area contributed by atoms with Gasteiger partial charge in [-0.05, 0) is 42.7 Å². The van der Waals surface area contributed by atoms with Crippen LogP contribution in [0.3, 0.4) is 0 Å². The van der Waals surface area contributed by atoms with Gasteiger partial charge in [-0.1, -0.05) is 28.1 Å². The van der Waals surface area contributed by atoms with E-state index in [0.29, 0.717) is 11.3 Å². The number of aromatic nitrogens is 3. The summed E-state index contributed by atoms with van der Waals surface area (Å²) in [7, 11) is 0. The van der Waals surface area contributed by atoms with Gasteiger partial charge in [0.15, 0.2) is 5.82 Å². The summed E-state index contributed by atoms with van der Waals surface area (Å²) in [5, 5.41) is 3.67. The van der Waals surface area contributed by atoms with Crippen molar-refractivity contribution in [3.8, 4) is 17.1 Å². The Hall–Kier alpha value is -1.80. The van der Waals surface area contributed by atoms with Crippen molar-refractivity contribution in [2.75, 3.05) is 6.26 Å². The van der Waals surface area contributed by atoms with Crippen LogP contribution in [0.15, 0.2) is 57.9 Å². The van der Waals surface area contributed by atoms with E-state index < -0.39 is 12.0 Å².